The molecule has 0 amide bonds. The first-order valence-electron chi connectivity index (χ1n) is 4.26. The van der Waals surface area contributed by atoms with E-state index in [0.717, 1.165) is 16.5 Å². The van der Waals surface area contributed by atoms with Crippen molar-refractivity contribution < 1.29 is 5.21 Å². The fourth-order valence-electron chi connectivity index (χ4n) is 1.60. The number of amidine groups is 1. The van der Waals surface area contributed by atoms with Crippen LogP contribution in [0.4, 0.5) is 0 Å². The van der Waals surface area contributed by atoms with Gasteiger partial charge in [0.15, 0.2) is 5.84 Å². The van der Waals surface area contributed by atoms with Gasteiger partial charge in [-0.1, -0.05) is 23.4 Å². The quantitative estimate of drug-likeness (QED) is 0.307. The van der Waals surface area contributed by atoms with Gasteiger partial charge in [-0.15, -0.1) is 0 Å². The van der Waals surface area contributed by atoms with Crippen molar-refractivity contribution in [3.8, 4) is 0 Å². The number of benzene rings is 1. The zero-order valence-corrected chi connectivity index (χ0v) is 7.81. The topological polar surface area (TPSA) is 63.5 Å². The van der Waals surface area contributed by atoms with Crippen molar-refractivity contribution in [3.63, 3.8) is 0 Å². The molecule has 0 bridgehead atoms. The van der Waals surface area contributed by atoms with Gasteiger partial charge < -0.3 is 15.5 Å². The standard InChI is InChI=1S/C10H11N3O/c1-13-6-8(10(11)12-14)7-4-2-3-5-9(7)13/h2-6,14H,1H3,(H2,11,12). The van der Waals surface area contributed by atoms with Crippen LogP contribution in [0, 0.1) is 0 Å². The van der Waals surface area contributed by atoms with Crippen LogP contribution in [-0.4, -0.2) is 15.6 Å². The van der Waals surface area contributed by atoms with Gasteiger partial charge in [0.05, 0.1) is 0 Å². The molecule has 4 nitrogen and oxygen atoms in total. The fraction of sp³-hybridized carbons (Fsp3) is 0.100. The lowest BCUT2D eigenvalue weighted by Gasteiger charge is -1.94. The number of aryl methyl sites for hydroxylation is 1. The number of hydrogen-bond acceptors (Lipinski definition) is 2. The van der Waals surface area contributed by atoms with Gasteiger partial charge in [-0.3, -0.25) is 0 Å². The number of nitrogens with zero attached hydrogens (tertiary/aromatic N) is 2. The third kappa shape index (κ3) is 1.12. The Morgan fingerprint density at radius 1 is 1.43 bits per heavy atom. The molecule has 0 saturated heterocycles. The molecule has 1 aromatic heterocycles. The van der Waals surface area contributed by atoms with Crippen molar-refractivity contribution >= 4 is 16.7 Å². The summed E-state index contributed by atoms with van der Waals surface area (Å²) in [5.74, 6) is 0.141. The Bertz CT molecular complexity index is 499. The predicted molar refractivity (Wildman–Crippen MR) is 55.4 cm³/mol. The molecule has 0 unspecified atom stereocenters. The maximum atomic E-state index is 8.61. The van der Waals surface area contributed by atoms with Crippen LogP contribution >= 0.6 is 0 Å². The first-order valence-corrected chi connectivity index (χ1v) is 4.26. The molecule has 0 saturated carbocycles. The first kappa shape index (κ1) is 8.62. The highest BCUT2D eigenvalue weighted by atomic mass is 16.4. The van der Waals surface area contributed by atoms with E-state index in [2.05, 4.69) is 5.16 Å². The van der Waals surface area contributed by atoms with Crippen molar-refractivity contribution in [3.05, 3.63) is 36.0 Å². The van der Waals surface area contributed by atoms with Gasteiger partial charge in [-0.05, 0) is 6.07 Å². The maximum Gasteiger partial charge on any atom is 0.172 e. The highest BCUT2D eigenvalue weighted by Gasteiger charge is 2.08. The molecule has 2 aromatic rings. The molecule has 0 radical (unpaired) electrons. The minimum Gasteiger partial charge on any atom is -0.409 e. The molecule has 2 rings (SSSR count). The summed E-state index contributed by atoms with van der Waals surface area (Å²) < 4.78 is 1.95. The molecule has 14 heavy (non-hydrogen) atoms. The first-order chi connectivity index (χ1) is 6.74. The van der Waals surface area contributed by atoms with Gasteiger partial charge in [0, 0.05) is 29.7 Å². The van der Waals surface area contributed by atoms with Crippen LogP contribution in [0.1, 0.15) is 5.56 Å². The third-order valence-electron chi connectivity index (χ3n) is 2.28. The van der Waals surface area contributed by atoms with Gasteiger partial charge in [0.1, 0.15) is 0 Å². The number of oxime groups is 1. The van der Waals surface area contributed by atoms with Crippen molar-refractivity contribution in [2.75, 3.05) is 0 Å². The normalized spacial score (nSPS) is 12.2. The van der Waals surface area contributed by atoms with Gasteiger partial charge in [0.2, 0.25) is 0 Å². The number of rotatable bonds is 1. The largest absolute Gasteiger partial charge is 0.409 e. The molecule has 1 aromatic carbocycles. The Morgan fingerprint density at radius 3 is 2.86 bits per heavy atom. The van der Waals surface area contributed by atoms with E-state index in [-0.39, 0.29) is 5.84 Å². The van der Waals surface area contributed by atoms with E-state index in [0.29, 0.717) is 0 Å². The lowest BCUT2D eigenvalue weighted by molar-refractivity contribution is 0.318. The highest BCUT2D eigenvalue weighted by Crippen LogP contribution is 2.19. The van der Waals surface area contributed by atoms with E-state index in [1.54, 1.807) is 0 Å². The second-order valence-corrected chi connectivity index (χ2v) is 3.16. The summed E-state index contributed by atoms with van der Waals surface area (Å²) in [6.45, 7) is 0. The molecule has 0 fully saturated rings. The molecule has 0 aliphatic rings. The zero-order valence-electron chi connectivity index (χ0n) is 7.81. The van der Waals surface area contributed by atoms with Crippen molar-refractivity contribution in [2.45, 2.75) is 0 Å². The van der Waals surface area contributed by atoms with E-state index in [4.69, 9.17) is 10.9 Å². The molecule has 3 N–H and O–H groups in total. The van der Waals surface area contributed by atoms with Crippen LogP contribution in [0.2, 0.25) is 0 Å². The van der Waals surface area contributed by atoms with E-state index >= 15 is 0 Å². The zero-order chi connectivity index (χ0) is 10.1. The van der Waals surface area contributed by atoms with Crippen LogP contribution in [0.15, 0.2) is 35.6 Å². The Kier molecular flexibility index (Phi) is 1.89. The van der Waals surface area contributed by atoms with Crippen LogP contribution in [0.3, 0.4) is 0 Å². The molecular formula is C10H11N3O. The molecule has 0 atom stereocenters. The summed E-state index contributed by atoms with van der Waals surface area (Å²) in [4.78, 5) is 0. The van der Waals surface area contributed by atoms with Crippen molar-refractivity contribution in [1.29, 1.82) is 0 Å². The average Bonchev–Trinajstić information content (AvgIpc) is 2.56. The van der Waals surface area contributed by atoms with E-state index in [1.165, 1.54) is 0 Å². The molecule has 0 spiro atoms. The number of aromatic nitrogens is 1. The van der Waals surface area contributed by atoms with E-state index in [1.807, 2.05) is 42.1 Å². The highest BCUT2D eigenvalue weighted by molar-refractivity contribution is 6.08. The molecular weight excluding hydrogens is 178 g/mol. The van der Waals surface area contributed by atoms with Crippen LogP contribution < -0.4 is 5.73 Å². The van der Waals surface area contributed by atoms with Gasteiger partial charge in [-0.2, -0.15) is 0 Å². The second kappa shape index (κ2) is 3.06. The monoisotopic (exact) mass is 189 g/mol. The SMILES string of the molecule is Cn1cc(C(N)=NO)c2ccccc21. The second-order valence-electron chi connectivity index (χ2n) is 3.16. The fourth-order valence-corrected chi connectivity index (χ4v) is 1.60. The van der Waals surface area contributed by atoms with Crippen molar-refractivity contribution in [1.82, 2.24) is 4.57 Å². The number of para-hydroxylation sites is 1. The summed E-state index contributed by atoms with van der Waals surface area (Å²) in [7, 11) is 1.93. The smallest absolute Gasteiger partial charge is 0.172 e. The lowest BCUT2D eigenvalue weighted by Crippen LogP contribution is -2.12. The molecule has 0 aliphatic heterocycles. The van der Waals surface area contributed by atoms with Crippen LogP contribution in [-0.2, 0) is 7.05 Å². The number of hydrogen-bond donors (Lipinski definition) is 2. The van der Waals surface area contributed by atoms with Crippen LogP contribution in [0.5, 0.6) is 0 Å². The van der Waals surface area contributed by atoms with Gasteiger partial charge in [-0.25, -0.2) is 0 Å². The summed E-state index contributed by atoms with van der Waals surface area (Å²) in [6, 6.07) is 7.82. The van der Waals surface area contributed by atoms with E-state index in [9.17, 15) is 0 Å². The molecule has 4 heteroatoms. The lowest BCUT2D eigenvalue weighted by atomic mass is 10.1. The minimum absolute atomic E-state index is 0.141. The number of nitrogens with two attached hydrogens (primary N) is 1. The van der Waals surface area contributed by atoms with E-state index < -0.39 is 0 Å². The Morgan fingerprint density at radius 2 is 2.14 bits per heavy atom. The van der Waals surface area contributed by atoms with Crippen LogP contribution in [0.25, 0.3) is 10.9 Å². The average molecular weight is 189 g/mol. The van der Waals surface area contributed by atoms with Gasteiger partial charge >= 0.3 is 0 Å². The maximum absolute atomic E-state index is 8.61. The summed E-state index contributed by atoms with van der Waals surface area (Å²) in [6.07, 6.45) is 1.85. The van der Waals surface area contributed by atoms with Gasteiger partial charge in [0.25, 0.3) is 0 Å². The minimum atomic E-state index is 0.141. The third-order valence-corrected chi connectivity index (χ3v) is 2.28. The summed E-state index contributed by atoms with van der Waals surface area (Å²) >= 11 is 0. The Balaban J connectivity index is 2.79. The Hall–Kier alpha value is -1.97. The summed E-state index contributed by atoms with van der Waals surface area (Å²) in [5.41, 5.74) is 7.38. The predicted octanol–water partition coefficient (Wildman–Crippen LogP) is 1.27. The van der Waals surface area contributed by atoms with Crippen molar-refractivity contribution in [2.24, 2.45) is 17.9 Å². The molecule has 72 valence electrons. The summed E-state index contributed by atoms with van der Waals surface area (Å²) in [5, 5.41) is 12.6. The molecule has 1 heterocycles. The number of fused-ring (bicyclic) bond motifs is 1. The molecule has 0 aliphatic carbocycles. The Labute approximate surface area is 81.2 Å².